The molecular formula is C26H26FN5. The molecule has 0 radical (unpaired) electrons. The summed E-state index contributed by atoms with van der Waals surface area (Å²) in [4.78, 5) is 6.90. The number of nitrogens with one attached hydrogen (secondary N) is 1. The number of nitrogens with zero attached hydrogens (tertiary/aromatic N) is 4. The zero-order valence-electron chi connectivity index (χ0n) is 18.1. The lowest BCUT2D eigenvalue weighted by Gasteiger charge is -2.29. The minimum absolute atomic E-state index is 0.245. The SMILES string of the molecule is CCN1CCCn2nc(-c3ccc(F)cc3)c(-c3ccnc(NCc4ccccc4)c3)c21. The Morgan fingerprint density at radius 3 is 2.56 bits per heavy atom. The molecule has 162 valence electrons. The van der Waals surface area contributed by atoms with E-state index >= 15 is 0 Å². The third kappa shape index (κ3) is 3.96. The molecule has 0 saturated carbocycles. The average Bonchev–Trinajstić information content (AvgIpc) is 3.24. The maximum absolute atomic E-state index is 13.6. The Morgan fingerprint density at radius 1 is 0.969 bits per heavy atom. The zero-order valence-corrected chi connectivity index (χ0v) is 18.1. The Bertz CT molecular complexity index is 1200. The Kier molecular flexibility index (Phi) is 5.58. The van der Waals surface area contributed by atoms with Gasteiger partial charge >= 0.3 is 0 Å². The van der Waals surface area contributed by atoms with Gasteiger partial charge < -0.3 is 10.2 Å². The predicted octanol–water partition coefficient (Wildman–Crippen LogP) is 5.59. The first-order valence-electron chi connectivity index (χ1n) is 11.1. The van der Waals surface area contributed by atoms with E-state index in [2.05, 4.69) is 45.0 Å². The largest absolute Gasteiger partial charge is 0.366 e. The van der Waals surface area contributed by atoms with E-state index in [4.69, 9.17) is 5.10 Å². The average molecular weight is 428 g/mol. The first-order chi connectivity index (χ1) is 15.7. The second kappa shape index (κ2) is 8.83. The number of rotatable bonds is 6. The van der Waals surface area contributed by atoms with Crippen molar-refractivity contribution >= 4 is 11.6 Å². The van der Waals surface area contributed by atoms with Crippen LogP contribution < -0.4 is 10.2 Å². The number of hydrogen-bond acceptors (Lipinski definition) is 4. The van der Waals surface area contributed by atoms with Crippen molar-refractivity contribution in [2.45, 2.75) is 26.4 Å². The van der Waals surface area contributed by atoms with Crippen LogP contribution in [-0.2, 0) is 13.1 Å². The number of pyridine rings is 1. The van der Waals surface area contributed by atoms with Crippen LogP contribution in [0, 0.1) is 5.82 Å². The lowest BCUT2D eigenvalue weighted by atomic mass is 10.0. The standard InChI is InChI=1S/C26H26FN5/c1-2-31-15-6-16-32-26(31)24(25(30-32)20-9-11-22(27)12-10-20)21-13-14-28-23(17-21)29-18-19-7-4-3-5-8-19/h3-5,7-14,17H,2,6,15-16,18H2,1H3,(H,28,29). The predicted molar refractivity (Wildman–Crippen MR) is 127 cm³/mol. The van der Waals surface area contributed by atoms with Crippen molar-refractivity contribution in [3.8, 4) is 22.4 Å². The molecule has 0 amide bonds. The van der Waals surface area contributed by atoms with E-state index in [1.165, 1.54) is 17.7 Å². The molecule has 1 aliphatic heterocycles. The van der Waals surface area contributed by atoms with Crippen LogP contribution in [0.25, 0.3) is 22.4 Å². The molecule has 0 unspecified atom stereocenters. The van der Waals surface area contributed by atoms with Gasteiger partial charge in [0.2, 0.25) is 0 Å². The maximum Gasteiger partial charge on any atom is 0.135 e. The van der Waals surface area contributed by atoms with Gasteiger partial charge in [0.15, 0.2) is 0 Å². The van der Waals surface area contributed by atoms with Crippen LogP contribution in [0.2, 0.25) is 0 Å². The summed E-state index contributed by atoms with van der Waals surface area (Å²) in [5.41, 5.74) is 5.11. The molecule has 0 aliphatic carbocycles. The summed E-state index contributed by atoms with van der Waals surface area (Å²) in [6, 6.07) is 21.0. The van der Waals surface area contributed by atoms with E-state index < -0.39 is 0 Å². The van der Waals surface area contributed by atoms with E-state index in [1.54, 1.807) is 12.1 Å². The number of anilines is 2. The molecule has 0 atom stereocenters. The molecular weight excluding hydrogens is 401 g/mol. The van der Waals surface area contributed by atoms with E-state index in [1.807, 2.05) is 30.5 Å². The lowest BCUT2D eigenvalue weighted by Crippen LogP contribution is -2.32. The fourth-order valence-electron chi connectivity index (χ4n) is 4.30. The van der Waals surface area contributed by atoms with Gasteiger partial charge in [-0.2, -0.15) is 5.10 Å². The summed E-state index contributed by atoms with van der Waals surface area (Å²) in [5.74, 6) is 1.69. The minimum Gasteiger partial charge on any atom is -0.366 e. The fraction of sp³-hybridized carbons (Fsp3) is 0.231. The third-order valence-electron chi connectivity index (χ3n) is 5.89. The van der Waals surface area contributed by atoms with Crippen molar-refractivity contribution in [2.75, 3.05) is 23.3 Å². The second-order valence-corrected chi connectivity index (χ2v) is 7.98. The second-order valence-electron chi connectivity index (χ2n) is 7.98. The number of aromatic nitrogens is 3. The highest BCUT2D eigenvalue weighted by Crippen LogP contribution is 2.41. The van der Waals surface area contributed by atoms with Gasteiger partial charge in [0.25, 0.3) is 0 Å². The number of fused-ring (bicyclic) bond motifs is 1. The van der Waals surface area contributed by atoms with Crippen molar-refractivity contribution in [2.24, 2.45) is 0 Å². The lowest BCUT2D eigenvalue weighted by molar-refractivity contribution is 0.523. The minimum atomic E-state index is -0.245. The van der Waals surface area contributed by atoms with Crippen LogP contribution in [0.3, 0.4) is 0 Å². The van der Waals surface area contributed by atoms with Crippen molar-refractivity contribution in [1.29, 1.82) is 0 Å². The third-order valence-corrected chi connectivity index (χ3v) is 5.89. The molecule has 5 nitrogen and oxygen atoms in total. The molecule has 32 heavy (non-hydrogen) atoms. The fourth-order valence-corrected chi connectivity index (χ4v) is 4.30. The van der Waals surface area contributed by atoms with Crippen LogP contribution in [0.5, 0.6) is 0 Å². The van der Waals surface area contributed by atoms with Gasteiger partial charge in [-0.15, -0.1) is 0 Å². The van der Waals surface area contributed by atoms with Crippen LogP contribution in [0.15, 0.2) is 72.9 Å². The molecule has 0 saturated heterocycles. The molecule has 6 heteroatoms. The first kappa shape index (κ1) is 20.2. The highest BCUT2D eigenvalue weighted by molar-refractivity contribution is 5.90. The van der Waals surface area contributed by atoms with E-state index in [-0.39, 0.29) is 5.82 Å². The normalized spacial score (nSPS) is 13.1. The molecule has 0 spiro atoms. The Labute approximate surface area is 187 Å². The summed E-state index contributed by atoms with van der Waals surface area (Å²) in [6.07, 6.45) is 2.89. The molecule has 5 rings (SSSR count). The van der Waals surface area contributed by atoms with E-state index in [0.717, 1.165) is 60.1 Å². The smallest absolute Gasteiger partial charge is 0.135 e. The number of halogens is 1. The van der Waals surface area contributed by atoms with E-state index in [0.29, 0.717) is 6.54 Å². The molecule has 0 bridgehead atoms. The first-order valence-corrected chi connectivity index (χ1v) is 11.1. The zero-order chi connectivity index (χ0) is 21.9. The molecule has 0 fully saturated rings. The highest BCUT2D eigenvalue weighted by atomic mass is 19.1. The van der Waals surface area contributed by atoms with Gasteiger partial charge in [0.05, 0.1) is 5.56 Å². The molecule has 1 N–H and O–H groups in total. The van der Waals surface area contributed by atoms with Crippen molar-refractivity contribution in [3.05, 3.63) is 84.3 Å². The Morgan fingerprint density at radius 2 is 1.78 bits per heavy atom. The Hall–Kier alpha value is -3.67. The Balaban J connectivity index is 1.57. The van der Waals surface area contributed by atoms with Crippen LogP contribution in [0.4, 0.5) is 16.0 Å². The molecule has 1 aliphatic rings. The molecule has 4 aromatic rings. The van der Waals surface area contributed by atoms with Gasteiger partial charge in [-0.3, -0.25) is 0 Å². The summed E-state index contributed by atoms with van der Waals surface area (Å²) in [6.45, 7) is 5.66. The van der Waals surface area contributed by atoms with E-state index in [9.17, 15) is 4.39 Å². The van der Waals surface area contributed by atoms with Crippen LogP contribution in [-0.4, -0.2) is 27.9 Å². The molecule has 2 aromatic carbocycles. The summed E-state index contributed by atoms with van der Waals surface area (Å²) in [7, 11) is 0. The molecule has 3 heterocycles. The number of benzene rings is 2. The maximum atomic E-state index is 13.6. The summed E-state index contributed by atoms with van der Waals surface area (Å²) in [5, 5.41) is 8.39. The van der Waals surface area contributed by atoms with Crippen molar-refractivity contribution in [3.63, 3.8) is 0 Å². The van der Waals surface area contributed by atoms with Gasteiger partial charge in [-0.05, 0) is 60.9 Å². The number of hydrogen-bond donors (Lipinski definition) is 1. The van der Waals surface area contributed by atoms with Gasteiger partial charge in [-0.1, -0.05) is 30.3 Å². The topological polar surface area (TPSA) is 46.0 Å². The van der Waals surface area contributed by atoms with Crippen molar-refractivity contribution < 1.29 is 4.39 Å². The van der Waals surface area contributed by atoms with Crippen molar-refractivity contribution in [1.82, 2.24) is 14.8 Å². The quantitative estimate of drug-likeness (QED) is 0.436. The molecule has 2 aromatic heterocycles. The van der Waals surface area contributed by atoms with Crippen LogP contribution >= 0.6 is 0 Å². The highest BCUT2D eigenvalue weighted by Gasteiger charge is 2.27. The van der Waals surface area contributed by atoms with Gasteiger partial charge in [0, 0.05) is 37.9 Å². The number of aryl methyl sites for hydroxylation is 1. The summed E-state index contributed by atoms with van der Waals surface area (Å²) >= 11 is 0. The summed E-state index contributed by atoms with van der Waals surface area (Å²) < 4.78 is 15.7. The van der Waals surface area contributed by atoms with Crippen LogP contribution in [0.1, 0.15) is 18.9 Å². The monoisotopic (exact) mass is 427 g/mol. The van der Waals surface area contributed by atoms with Gasteiger partial charge in [-0.25, -0.2) is 14.1 Å². The van der Waals surface area contributed by atoms with Gasteiger partial charge in [0.1, 0.15) is 23.1 Å².